The Morgan fingerprint density at radius 1 is 1.05 bits per heavy atom. The molecule has 0 bridgehead atoms. The maximum atomic E-state index is 12.1. The van der Waals surface area contributed by atoms with Crippen LogP contribution in [0.3, 0.4) is 0 Å². The molecule has 3 nitrogen and oxygen atoms in total. The zero-order valence-corrected chi connectivity index (χ0v) is 12.9. The van der Waals surface area contributed by atoms with E-state index in [1.165, 1.54) is 0 Å². The van der Waals surface area contributed by atoms with Gasteiger partial charge in [-0.05, 0) is 31.0 Å². The summed E-state index contributed by atoms with van der Waals surface area (Å²) in [6.07, 6.45) is 0. The minimum atomic E-state index is -0.290. The maximum Gasteiger partial charge on any atom is 0.283 e. The van der Waals surface area contributed by atoms with Crippen molar-refractivity contribution in [1.29, 1.82) is 0 Å². The molecule has 2 N–H and O–H groups in total. The smallest absolute Gasteiger partial charge is 0.283 e. The van der Waals surface area contributed by atoms with Crippen LogP contribution in [0.25, 0.3) is 0 Å². The second-order valence-corrected chi connectivity index (χ2v) is 5.28. The van der Waals surface area contributed by atoms with Gasteiger partial charge in [0.25, 0.3) is 5.91 Å². The zero-order valence-electron chi connectivity index (χ0n) is 12.1. The molecule has 0 aliphatic rings. The Labute approximate surface area is 130 Å². The molecule has 2 rings (SSSR count). The number of rotatable bonds is 3. The van der Waals surface area contributed by atoms with Crippen LogP contribution in [0.2, 0.25) is 0 Å². The fourth-order valence-corrected chi connectivity index (χ4v) is 2.21. The van der Waals surface area contributed by atoms with Gasteiger partial charge in [0.15, 0.2) is 4.99 Å². The SMILES string of the molecule is Cc1ccccc1NC(=O)C(=S)NC(C)c1ccccc1. The number of carbonyl (C=O) groups is 1. The highest BCUT2D eigenvalue weighted by atomic mass is 32.1. The highest BCUT2D eigenvalue weighted by Crippen LogP contribution is 2.14. The van der Waals surface area contributed by atoms with Crippen LogP contribution in [0, 0.1) is 6.92 Å². The van der Waals surface area contributed by atoms with Crippen LogP contribution in [0.5, 0.6) is 0 Å². The Morgan fingerprint density at radius 2 is 1.67 bits per heavy atom. The van der Waals surface area contributed by atoms with Crippen LogP contribution in [-0.4, -0.2) is 10.9 Å². The van der Waals surface area contributed by atoms with Crippen molar-refractivity contribution in [1.82, 2.24) is 5.32 Å². The fourth-order valence-electron chi connectivity index (χ4n) is 1.98. The monoisotopic (exact) mass is 298 g/mol. The number of benzene rings is 2. The van der Waals surface area contributed by atoms with Crippen molar-refractivity contribution >= 4 is 28.8 Å². The van der Waals surface area contributed by atoms with Crippen molar-refractivity contribution in [2.24, 2.45) is 0 Å². The summed E-state index contributed by atoms with van der Waals surface area (Å²) in [5.74, 6) is -0.290. The molecule has 1 unspecified atom stereocenters. The molecule has 0 saturated heterocycles. The summed E-state index contributed by atoms with van der Waals surface area (Å²) in [5.41, 5.74) is 2.87. The topological polar surface area (TPSA) is 41.1 Å². The number of anilines is 1. The Kier molecular flexibility index (Phi) is 5.06. The number of amides is 1. The first-order chi connectivity index (χ1) is 10.1. The van der Waals surface area contributed by atoms with Crippen molar-refractivity contribution in [2.75, 3.05) is 5.32 Å². The second kappa shape index (κ2) is 6.99. The summed E-state index contributed by atoms with van der Waals surface area (Å²) >= 11 is 5.17. The highest BCUT2D eigenvalue weighted by molar-refractivity contribution is 7.82. The molecule has 2 aromatic carbocycles. The molecule has 4 heteroatoms. The first-order valence-electron chi connectivity index (χ1n) is 6.80. The van der Waals surface area contributed by atoms with Gasteiger partial charge in [-0.3, -0.25) is 4.79 Å². The van der Waals surface area contributed by atoms with Gasteiger partial charge in [-0.25, -0.2) is 0 Å². The lowest BCUT2D eigenvalue weighted by Gasteiger charge is -2.16. The predicted molar refractivity (Wildman–Crippen MR) is 90.4 cm³/mol. The fraction of sp³-hybridized carbons (Fsp3) is 0.176. The van der Waals surface area contributed by atoms with E-state index in [4.69, 9.17) is 12.2 Å². The average Bonchev–Trinajstić information content (AvgIpc) is 2.50. The number of thiocarbonyl (C=S) groups is 1. The van der Waals surface area contributed by atoms with Crippen molar-refractivity contribution in [2.45, 2.75) is 19.9 Å². The highest BCUT2D eigenvalue weighted by Gasteiger charge is 2.13. The van der Waals surface area contributed by atoms with E-state index in [-0.39, 0.29) is 16.9 Å². The largest absolute Gasteiger partial charge is 0.365 e. The van der Waals surface area contributed by atoms with Gasteiger partial charge in [0, 0.05) is 11.7 Å². The van der Waals surface area contributed by atoms with Gasteiger partial charge in [-0.2, -0.15) is 0 Å². The van der Waals surface area contributed by atoms with Crippen LogP contribution in [-0.2, 0) is 4.79 Å². The molecule has 2 aromatic rings. The van der Waals surface area contributed by atoms with E-state index < -0.39 is 0 Å². The van der Waals surface area contributed by atoms with Crippen molar-refractivity contribution in [3.05, 3.63) is 65.7 Å². The molecule has 0 spiro atoms. The molecule has 108 valence electrons. The Balaban J connectivity index is 1.97. The Bertz CT molecular complexity index is 640. The number of aryl methyl sites for hydroxylation is 1. The number of hydrogen-bond donors (Lipinski definition) is 2. The zero-order chi connectivity index (χ0) is 15.2. The molecule has 1 atom stereocenters. The molecule has 1 amide bonds. The molecule has 0 aromatic heterocycles. The summed E-state index contributed by atoms with van der Waals surface area (Å²) in [7, 11) is 0. The van der Waals surface area contributed by atoms with Gasteiger partial charge >= 0.3 is 0 Å². The summed E-state index contributed by atoms with van der Waals surface area (Å²) < 4.78 is 0. The van der Waals surface area contributed by atoms with Crippen LogP contribution >= 0.6 is 12.2 Å². The van der Waals surface area contributed by atoms with Crippen LogP contribution < -0.4 is 10.6 Å². The van der Waals surface area contributed by atoms with Crippen LogP contribution in [0.4, 0.5) is 5.69 Å². The Hall–Kier alpha value is -2.20. The second-order valence-electron chi connectivity index (χ2n) is 4.87. The van der Waals surface area contributed by atoms with E-state index in [2.05, 4.69) is 10.6 Å². The minimum absolute atomic E-state index is 0.0127. The number of hydrogen-bond acceptors (Lipinski definition) is 2. The maximum absolute atomic E-state index is 12.1. The molecular formula is C17H18N2OS. The van der Waals surface area contributed by atoms with E-state index in [1.807, 2.05) is 68.4 Å². The molecule has 0 saturated carbocycles. The summed E-state index contributed by atoms with van der Waals surface area (Å²) in [4.78, 5) is 12.3. The first-order valence-corrected chi connectivity index (χ1v) is 7.21. The molecule has 0 heterocycles. The first kappa shape index (κ1) is 15.2. The van der Waals surface area contributed by atoms with Crippen molar-refractivity contribution in [3.8, 4) is 0 Å². The molecule has 21 heavy (non-hydrogen) atoms. The van der Waals surface area contributed by atoms with Gasteiger partial charge in [0.2, 0.25) is 0 Å². The van der Waals surface area contributed by atoms with Gasteiger partial charge in [0.05, 0.1) is 0 Å². The number of para-hydroxylation sites is 1. The summed E-state index contributed by atoms with van der Waals surface area (Å²) in [5, 5.41) is 5.88. The molecule has 0 fully saturated rings. The van der Waals surface area contributed by atoms with Crippen LogP contribution in [0.15, 0.2) is 54.6 Å². The van der Waals surface area contributed by atoms with Gasteiger partial charge in [-0.15, -0.1) is 0 Å². The molecular weight excluding hydrogens is 280 g/mol. The third-order valence-electron chi connectivity index (χ3n) is 3.25. The van der Waals surface area contributed by atoms with Gasteiger partial charge in [-0.1, -0.05) is 60.7 Å². The quantitative estimate of drug-likeness (QED) is 0.851. The van der Waals surface area contributed by atoms with Gasteiger partial charge < -0.3 is 10.6 Å². The van der Waals surface area contributed by atoms with E-state index >= 15 is 0 Å². The normalized spacial score (nSPS) is 11.5. The molecule has 0 radical (unpaired) electrons. The van der Waals surface area contributed by atoms with Gasteiger partial charge in [0.1, 0.15) is 0 Å². The Morgan fingerprint density at radius 3 is 2.33 bits per heavy atom. The molecule has 0 aliphatic heterocycles. The van der Waals surface area contributed by atoms with E-state index in [9.17, 15) is 4.79 Å². The predicted octanol–water partition coefficient (Wildman–Crippen LogP) is 3.61. The van der Waals surface area contributed by atoms with E-state index in [0.717, 1.165) is 16.8 Å². The third-order valence-corrected chi connectivity index (χ3v) is 3.55. The standard InChI is InChI=1S/C17H18N2OS/c1-12-8-6-7-11-15(12)19-16(20)17(21)18-13(2)14-9-4-3-5-10-14/h3-11,13H,1-2H3,(H,18,21)(H,19,20). The third kappa shape index (κ3) is 4.13. The lowest BCUT2D eigenvalue weighted by atomic mass is 10.1. The number of nitrogens with one attached hydrogen (secondary N) is 2. The summed E-state index contributed by atoms with van der Waals surface area (Å²) in [6.45, 7) is 3.92. The van der Waals surface area contributed by atoms with Crippen molar-refractivity contribution < 1.29 is 4.79 Å². The van der Waals surface area contributed by atoms with Crippen LogP contribution in [0.1, 0.15) is 24.1 Å². The lowest BCUT2D eigenvalue weighted by molar-refractivity contribution is -0.110. The lowest BCUT2D eigenvalue weighted by Crippen LogP contribution is -2.35. The summed E-state index contributed by atoms with van der Waals surface area (Å²) in [6, 6.07) is 17.5. The van der Waals surface area contributed by atoms with E-state index in [1.54, 1.807) is 0 Å². The van der Waals surface area contributed by atoms with Crippen molar-refractivity contribution in [3.63, 3.8) is 0 Å². The molecule has 0 aliphatic carbocycles. The van der Waals surface area contributed by atoms with E-state index in [0.29, 0.717) is 0 Å². The average molecular weight is 298 g/mol. The number of carbonyl (C=O) groups excluding carboxylic acids is 1. The minimum Gasteiger partial charge on any atom is -0.365 e.